The van der Waals surface area contributed by atoms with Crippen molar-refractivity contribution < 1.29 is 14.7 Å². The van der Waals surface area contributed by atoms with Gasteiger partial charge in [0.1, 0.15) is 6.04 Å². The quantitative estimate of drug-likeness (QED) is 0.792. The summed E-state index contributed by atoms with van der Waals surface area (Å²) in [4.78, 5) is 24.9. The zero-order valence-electron chi connectivity index (χ0n) is 11.5. The molecular formula is C13H24N2O3. The number of likely N-dealkylation sites (tertiary alicyclic amines) is 1. The van der Waals surface area contributed by atoms with Crippen molar-refractivity contribution in [2.45, 2.75) is 58.0 Å². The molecule has 2 unspecified atom stereocenters. The van der Waals surface area contributed by atoms with E-state index in [2.05, 4.69) is 0 Å². The first-order chi connectivity index (χ1) is 8.22. The highest BCUT2D eigenvalue weighted by Gasteiger charge is 2.36. The zero-order valence-corrected chi connectivity index (χ0v) is 11.5. The Morgan fingerprint density at radius 3 is 2.56 bits per heavy atom. The third-order valence-electron chi connectivity index (χ3n) is 3.49. The first-order valence-corrected chi connectivity index (χ1v) is 6.53. The summed E-state index contributed by atoms with van der Waals surface area (Å²) < 4.78 is 0. The minimum Gasteiger partial charge on any atom is -0.480 e. The molecule has 104 valence electrons. The minimum absolute atomic E-state index is 0.0195. The fourth-order valence-electron chi connectivity index (χ4n) is 2.42. The molecule has 0 aromatic heterocycles. The first-order valence-electron chi connectivity index (χ1n) is 6.53. The molecule has 0 aromatic carbocycles. The van der Waals surface area contributed by atoms with Gasteiger partial charge in [0.2, 0.25) is 5.91 Å². The number of nitrogens with zero attached hydrogens (tertiary/aromatic N) is 1. The lowest BCUT2D eigenvalue weighted by Crippen LogP contribution is -2.52. The van der Waals surface area contributed by atoms with E-state index in [1.807, 2.05) is 20.8 Å². The summed E-state index contributed by atoms with van der Waals surface area (Å²) in [5.74, 6) is -0.971. The molecule has 0 aromatic rings. The van der Waals surface area contributed by atoms with Crippen LogP contribution in [0.5, 0.6) is 0 Å². The molecule has 0 aliphatic carbocycles. The Labute approximate surface area is 108 Å². The smallest absolute Gasteiger partial charge is 0.326 e. The summed E-state index contributed by atoms with van der Waals surface area (Å²) in [5, 5.41) is 9.24. The maximum atomic E-state index is 12.1. The van der Waals surface area contributed by atoms with Crippen LogP contribution in [-0.2, 0) is 9.59 Å². The summed E-state index contributed by atoms with van der Waals surface area (Å²) in [7, 11) is 0. The summed E-state index contributed by atoms with van der Waals surface area (Å²) in [6.07, 6.45) is 2.63. The average Bonchev–Trinajstić information content (AvgIpc) is 2.24. The lowest BCUT2D eigenvalue weighted by atomic mass is 9.90. The van der Waals surface area contributed by atoms with Crippen molar-refractivity contribution in [2.24, 2.45) is 11.7 Å². The van der Waals surface area contributed by atoms with Crippen molar-refractivity contribution in [1.29, 1.82) is 0 Å². The Kier molecular flexibility index (Phi) is 4.73. The molecule has 5 nitrogen and oxygen atoms in total. The Hall–Kier alpha value is -1.10. The highest BCUT2D eigenvalue weighted by Crippen LogP contribution is 2.25. The second kappa shape index (κ2) is 5.69. The van der Waals surface area contributed by atoms with Crippen LogP contribution in [0.1, 0.15) is 46.5 Å². The van der Waals surface area contributed by atoms with Crippen LogP contribution in [0.25, 0.3) is 0 Å². The van der Waals surface area contributed by atoms with Crippen molar-refractivity contribution in [3.05, 3.63) is 0 Å². The van der Waals surface area contributed by atoms with Crippen LogP contribution in [-0.4, -0.2) is 40.0 Å². The second-order valence-corrected chi connectivity index (χ2v) is 5.98. The van der Waals surface area contributed by atoms with Crippen LogP contribution < -0.4 is 5.73 Å². The normalized spacial score (nSPS) is 25.0. The first kappa shape index (κ1) is 15.0. The van der Waals surface area contributed by atoms with Crippen molar-refractivity contribution in [3.63, 3.8) is 0 Å². The van der Waals surface area contributed by atoms with Gasteiger partial charge in [-0.3, -0.25) is 4.79 Å². The van der Waals surface area contributed by atoms with Crippen LogP contribution >= 0.6 is 0 Å². The monoisotopic (exact) mass is 256 g/mol. The Bertz CT molecular complexity index is 323. The van der Waals surface area contributed by atoms with Gasteiger partial charge in [-0.15, -0.1) is 0 Å². The van der Waals surface area contributed by atoms with Gasteiger partial charge < -0.3 is 15.7 Å². The molecule has 1 fully saturated rings. The number of carboxylic acids is 1. The standard InChI is InChI=1S/C13H24N2O3/c1-9-5-4-8-15(11(9)12(17)18)10(16)6-7-13(2,3)14/h9,11H,4-8,14H2,1-3H3,(H,17,18). The maximum Gasteiger partial charge on any atom is 0.326 e. The molecule has 1 amide bonds. The predicted molar refractivity (Wildman–Crippen MR) is 69.0 cm³/mol. The molecule has 0 bridgehead atoms. The molecule has 1 rings (SSSR count). The molecule has 1 aliphatic rings. The molecule has 0 spiro atoms. The highest BCUT2D eigenvalue weighted by molar-refractivity contribution is 5.84. The largest absolute Gasteiger partial charge is 0.480 e. The Morgan fingerprint density at radius 1 is 1.44 bits per heavy atom. The number of nitrogens with two attached hydrogens (primary N) is 1. The fraction of sp³-hybridized carbons (Fsp3) is 0.846. The number of rotatable bonds is 4. The van der Waals surface area contributed by atoms with Crippen LogP contribution in [0.3, 0.4) is 0 Å². The summed E-state index contributed by atoms with van der Waals surface area (Å²) >= 11 is 0. The molecule has 0 radical (unpaired) electrons. The van der Waals surface area contributed by atoms with Crippen LogP contribution in [0.2, 0.25) is 0 Å². The Balaban J connectivity index is 2.67. The van der Waals surface area contributed by atoms with Gasteiger partial charge in [-0.25, -0.2) is 4.79 Å². The molecule has 5 heteroatoms. The van der Waals surface area contributed by atoms with Gasteiger partial charge in [0, 0.05) is 18.5 Å². The second-order valence-electron chi connectivity index (χ2n) is 5.98. The van der Waals surface area contributed by atoms with E-state index < -0.39 is 17.6 Å². The van der Waals surface area contributed by atoms with Gasteiger partial charge in [0.05, 0.1) is 0 Å². The number of amides is 1. The number of carboxylic acid groups (broad SMARTS) is 1. The molecule has 0 saturated carbocycles. The van der Waals surface area contributed by atoms with Crippen molar-refractivity contribution >= 4 is 11.9 Å². The average molecular weight is 256 g/mol. The lowest BCUT2D eigenvalue weighted by Gasteiger charge is -2.37. The van der Waals surface area contributed by atoms with E-state index in [0.717, 1.165) is 12.8 Å². The van der Waals surface area contributed by atoms with E-state index in [-0.39, 0.29) is 11.8 Å². The minimum atomic E-state index is -0.900. The summed E-state index contributed by atoms with van der Waals surface area (Å²) in [6, 6.07) is -0.674. The van der Waals surface area contributed by atoms with Gasteiger partial charge in [-0.05, 0) is 39.0 Å². The van der Waals surface area contributed by atoms with Crippen molar-refractivity contribution in [3.8, 4) is 0 Å². The van der Waals surface area contributed by atoms with E-state index in [1.54, 1.807) is 0 Å². The molecule has 1 heterocycles. The van der Waals surface area contributed by atoms with E-state index in [9.17, 15) is 14.7 Å². The fourth-order valence-corrected chi connectivity index (χ4v) is 2.42. The summed E-state index contributed by atoms with van der Waals surface area (Å²) in [6.45, 7) is 6.18. The molecule has 3 N–H and O–H groups in total. The third kappa shape index (κ3) is 3.98. The van der Waals surface area contributed by atoms with Crippen molar-refractivity contribution in [2.75, 3.05) is 6.54 Å². The number of aliphatic carboxylic acids is 1. The third-order valence-corrected chi connectivity index (χ3v) is 3.49. The van der Waals surface area contributed by atoms with Gasteiger partial charge in [-0.2, -0.15) is 0 Å². The molecule has 2 atom stereocenters. The van der Waals surface area contributed by atoms with Gasteiger partial charge >= 0.3 is 5.97 Å². The van der Waals surface area contributed by atoms with Gasteiger partial charge in [0.15, 0.2) is 0 Å². The van der Waals surface area contributed by atoms with E-state index in [0.29, 0.717) is 19.4 Å². The Morgan fingerprint density at radius 2 is 2.06 bits per heavy atom. The number of hydrogen-bond acceptors (Lipinski definition) is 3. The van der Waals surface area contributed by atoms with Crippen molar-refractivity contribution in [1.82, 2.24) is 4.90 Å². The van der Waals surface area contributed by atoms with E-state index in [4.69, 9.17) is 5.73 Å². The number of carbonyl (C=O) groups excluding carboxylic acids is 1. The topological polar surface area (TPSA) is 83.6 Å². The predicted octanol–water partition coefficient (Wildman–Crippen LogP) is 1.22. The maximum absolute atomic E-state index is 12.1. The lowest BCUT2D eigenvalue weighted by molar-refractivity contribution is -0.154. The molecule has 18 heavy (non-hydrogen) atoms. The number of hydrogen-bond donors (Lipinski definition) is 2. The molecule has 1 aliphatic heterocycles. The van der Waals surface area contributed by atoms with E-state index >= 15 is 0 Å². The molecule has 1 saturated heterocycles. The van der Waals surface area contributed by atoms with E-state index in [1.165, 1.54) is 4.90 Å². The summed E-state index contributed by atoms with van der Waals surface area (Å²) in [5.41, 5.74) is 5.45. The number of carbonyl (C=O) groups is 2. The van der Waals surface area contributed by atoms with Crippen LogP contribution in [0.4, 0.5) is 0 Å². The van der Waals surface area contributed by atoms with Crippen LogP contribution in [0.15, 0.2) is 0 Å². The number of piperidine rings is 1. The SMILES string of the molecule is CC1CCCN(C(=O)CCC(C)(C)N)C1C(=O)O. The highest BCUT2D eigenvalue weighted by atomic mass is 16.4. The van der Waals surface area contributed by atoms with Crippen LogP contribution in [0, 0.1) is 5.92 Å². The zero-order chi connectivity index (χ0) is 13.9. The molecular weight excluding hydrogens is 232 g/mol. The van der Waals surface area contributed by atoms with Gasteiger partial charge in [-0.1, -0.05) is 6.92 Å². The van der Waals surface area contributed by atoms with Gasteiger partial charge in [0.25, 0.3) is 0 Å².